The van der Waals surface area contributed by atoms with Crippen molar-refractivity contribution in [3.05, 3.63) is 23.0 Å². The van der Waals surface area contributed by atoms with Crippen molar-refractivity contribution in [2.75, 3.05) is 5.73 Å². The molecule has 1 rings (SSSR count). The van der Waals surface area contributed by atoms with Crippen molar-refractivity contribution in [3.8, 4) is 0 Å². The number of aryl methyl sites for hydroxylation is 2. The van der Waals surface area contributed by atoms with E-state index in [1.54, 1.807) is 13.0 Å². The summed E-state index contributed by atoms with van der Waals surface area (Å²) in [7, 11) is 0. The van der Waals surface area contributed by atoms with Gasteiger partial charge in [-0.05, 0) is 0 Å². The molecule has 0 radical (unpaired) electrons. The Balaban J connectivity index is 3.42. The first-order valence-corrected chi connectivity index (χ1v) is 18.3. The molecule has 1 aromatic rings. The second-order valence-corrected chi connectivity index (χ2v) is 11.6. The molecule has 0 heterocycles. The van der Waals surface area contributed by atoms with Gasteiger partial charge in [-0.15, -0.1) is 0 Å². The van der Waals surface area contributed by atoms with Crippen LogP contribution < -0.4 is 8.81 Å². The van der Waals surface area contributed by atoms with Gasteiger partial charge in [0.2, 0.25) is 0 Å². The van der Waals surface area contributed by atoms with Crippen LogP contribution in [0.5, 0.6) is 0 Å². The molecule has 2 N–H and O–H groups in total. The average Bonchev–Trinajstić information content (AvgIpc) is 2.02. The molecular formula is C8H9BrFHgN. The molecule has 0 saturated carbocycles. The normalized spacial score (nSPS) is 9.67. The topological polar surface area (TPSA) is 26.0 Å². The minimum absolute atomic E-state index is 0.100. The van der Waals surface area contributed by atoms with Gasteiger partial charge in [-0.1, -0.05) is 0 Å². The number of rotatable bonds is 1. The molecule has 0 unspecified atom stereocenters. The van der Waals surface area contributed by atoms with E-state index in [0.717, 1.165) is 8.64 Å². The first kappa shape index (κ1) is 10.4. The number of hydrogen-bond donors (Lipinski definition) is 1. The number of anilines is 1. The Kier molecular flexibility index (Phi) is 3.52. The molecular weight excluding hydrogens is 410 g/mol. The van der Waals surface area contributed by atoms with Crippen LogP contribution in [-0.4, -0.2) is 0 Å². The molecule has 0 aliphatic heterocycles. The van der Waals surface area contributed by atoms with E-state index in [1.807, 2.05) is 6.92 Å². The molecule has 0 spiro atoms. The van der Waals surface area contributed by atoms with Gasteiger partial charge in [0.25, 0.3) is 0 Å². The maximum atomic E-state index is 13.4. The standard InChI is InChI=1S/C8H9FN.BrH.Hg/c1-5-3-6(2)8(10)4-7(5)9;;/h3H,10H2,1-2H3;1H;/q;;+1/p-1. The van der Waals surface area contributed by atoms with Gasteiger partial charge in [0.05, 0.1) is 0 Å². The van der Waals surface area contributed by atoms with Crippen LogP contribution in [-0.2, 0) is 22.1 Å². The molecule has 0 aromatic heterocycles. The molecule has 12 heavy (non-hydrogen) atoms. The monoisotopic (exact) mass is 419 g/mol. The minimum atomic E-state index is -1.39. The Morgan fingerprint density at radius 2 is 2.00 bits per heavy atom. The molecule has 0 aliphatic rings. The fourth-order valence-corrected chi connectivity index (χ4v) is 9.18. The number of nitrogen functional groups attached to an aromatic ring is 1. The Hall–Kier alpha value is 0.365. The van der Waals surface area contributed by atoms with Crippen molar-refractivity contribution < 1.29 is 26.5 Å². The average molecular weight is 419 g/mol. The molecule has 0 aliphatic carbocycles. The van der Waals surface area contributed by atoms with E-state index in [9.17, 15) is 4.39 Å². The molecule has 0 bridgehead atoms. The van der Waals surface area contributed by atoms with Crippen LogP contribution in [0.2, 0.25) is 0 Å². The van der Waals surface area contributed by atoms with Crippen LogP contribution in [0.1, 0.15) is 11.1 Å². The van der Waals surface area contributed by atoms with Crippen molar-refractivity contribution in [1.29, 1.82) is 0 Å². The Morgan fingerprint density at radius 3 is 2.50 bits per heavy atom. The van der Waals surface area contributed by atoms with E-state index in [2.05, 4.69) is 11.9 Å². The third kappa shape index (κ3) is 1.82. The van der Waals surface area contributed by atoms with Gasteiger partial charge in [-0.25, -0.2) is 0 Å². The Bertz CT molecular complexity index is 288. The predicted octanol–water partition coefficient (Wildman–Crippen LogP) is 2.04. The molecule has 0 amide bonds. The summed E-state index contributed by atoms with van der Waals surface area (Å²) in [6.45, 7) is 3.70. The van der Waals surface area contributed by atoms with Gasteiger partial charge in [0.1, 0.15) is 0 Å². The zero-order chi connectivity index (χ0) is 9.30. The molecule has 4 heteroatoms. The van der Waals surface area contributed by atoms with E-state index in [-0.39, 0.29) is 5.82 Å². The number of hydrogen-bond acceptors (Lipinski definition) is 1. The molecule has 1 nitrogen and oxygen atoms in total. The first-order valence-electron chi connectivity index (χ1n) is 3.68. The molecule has 1 aromatic carbocycles. The second kappa shape index (κ2) is 4.05. The second-order valence-electron chi connectivity index (χ2n) is 2.85. The van der Waals surface area contributed by atoms with Gasteiger partial charge >= 0.3 is 89.8 Å². The maximum absolute atomic E-state index is 13.4. The van der Waals surface area contributed by atoms with Gasteiger partial charge in [0.15, 0.2) is 0 Å². The van der Waals surface area contributed by atoms with Crippen molar-refractivity contribution in [2.24, 2.45) is 0 Å². The van der Waals surface area contributed by atoms with Gasteiger partial charge in [-0.2, -0.15) is 0 Å². The van der Waals surface area contributed by atoms with E-state index in [4.69, 9.17) is 5.73 Å². The van der Waals surface area contributed by atoms with Gasteiger partial charge in [-0.3, -0.25) is 0 Å². The van der Waals surface area contributed by atoms with Crippen LogP contribution in [0.15, 0.2) is 6.07 Å². The molecule has 0 atom stereocenters. The molecule has 0 fully saturated rings. The summed E-state index contributed by atoms with van der Waals surface area (Å²) in [6.07, 6.45) is 0. The van der Waals surface area contributed by atoms with Crippen LogP contribution in [0.4, 0.5) is 10.1 Å². The van der Waals surface area contributed by atoms with E-state index >= 15 is 0 Å². The van der Waals surface area contributed by atoms with Gasteiger partial charge in [0, 0.05) is 0 Å². The summed E-state index contributed by atoms with van der Waals surface area (Å²) >= 11 is 2.04. The zero-order valence-electron chi connectivity index (χ0n) is 7.12. The fourth-order valence-electron chi connectivity index (χ4n) is 1.19. The third-order valence-corrected chi connectivity index (χ3v) is 10.6. The SMILES string of the molecule is Cc1cc(C)c(F)[c]([Hg][Br])c1N. The van der Waals surface area contributed by atoms with Crippen LogP contribution in [0.3, 0.4) is 0 Å². The van der Waals surface area contributed by atoms with Crippen molar-refractivity contribution >= 4 is 20.7 Å². The Labute approximate surface area is 89.2 Å². The fraction of sp³-hybridized carbons (Fsp3) is 0.250. The van der Waals surface area contributed by atoms with E-state index in [1.165, 1.54) is 0 Å². The Morgan fingerprint density at radius 1 is 1.42 bits per heavy atom. The van der Waals surface area contributed by atoms with Crippen LogP contribution >= 0.6 is 11.9 Å². The van der Waals surface area contributed by atoms with Crippen molar-refractivity contribution in [1.82, 2.24) is 0 Å². The first-order chi connectivity index (χ1) is 5.57. The summed E-state index contributed by atoms with van der Waals surface area (Å²) in [4.78, 5) is 0. The summed E-state index contributed by atoms with van der Waals surface area (Å²) in [6, 6.07) is 1.80. The summed E-state index contributed by atoms with van der Waals surface area (Å²) < 4.78 is 14.2. The molecule has 0 saturated heterocycles. The van der Waals surface area contributed by atoms with Crippen LogP contribution in [0, 0.1) is 19.7 Å². The summed E-state index contributed by atoms with van der Waals surface area (Å²) in [5.41, 5.74) is 8.09. The zero-order valence-corrected chi connectivity index (χ0v) is 14.2. The number of halogens is 2. The third-order valence-electron chi connectivity index (χ3n) is 1.93. The van der Waals surface area contributed by atoms with Crippen LogP contribution in [0.25, 0.3) is 0 Å². The number of nitrogens with two attached hydrogens (primary N) is 1. The van der Waals surface area contributed by atoms with E-state index in [0.29, 0.717) is 11.3 Å². The number of benzene rings is 1. The summed E-state index contributed by atoms with van der Waals surface area (Å²) in [5, 5.41) is 0. The van der Waals surface area contributed by atoms with Crippen molar-refractivity contribution in [3.63, 3.8) is 0 Å². The quantitative estimate of drug-likeness (QED) is 0.548. The predicted molar refractivity (Wildman–Crippen MR) is 48.8 cm³/mol. The van der Waals surface area contributed by atoms with E-state index < -0.39 is 22.1 Å². The summed E-state index contributed by atoms with van der Waals surface area (Å²) in [5.74, 6) is -0.100. The van der Waals surface area contributed by atoms with Gasteiger partial charge < -0.3 is 0 Å². The molecule has 62 valence electrons. The van der Waals surface area contributed by atoms with Crippen molar-refractivity contribution in [2.45, 2.75) is 13.8 Å².